The molecule has 0 spiro atoms. The summed E-state index contributed by atoms with van der Waals surface area (Å²) in [7, 11) is 0. The fourth-order valence-electron chi connectivity index (χ4n) is 3.37. The van der Waals surface area contributed by atoms with Crippen LogP contribution >= 0.6 is 34.2 Å². The molecule has 25 heavy (non-hydrogen) atoms. The van der Waals surface area contributed by atoms with Gasteiger partial charge in [-0.2, -0.15) is 0 Å². The van der Waals surface area contributed by atoms with E-state index in [0.717, 1.165) is 20.4 Å². The molecule has 2 atom stereocenters. The maximum absolute atomic E-state index is 13.0. The predicted molar refractivity (Wildman–Crippen MR) is 110 cm³/mol. The van der Waals surface area contributed by atoms with Gasteiger partial charge in [0.1, 0.15) is 0 Å². The van der Waals surface area contributed by atoms with Gasteiger partial charge in [-0.3, -0.25) is 4.79 Å². The highest BCUT2D eigenvalue weighted by Crippen LogP contribution is 2.48. The molecule has 1 aliphatic heterocycles. The Morgan fingerprint density at radius 2 is 1.44 bits per heavy atom. The van der Waals surface area contributed by atoms with Gasteiger partial charge < -0.3 is 4.90 Å². The van der Waals surface area contributed by atoms with Crippen LogP contribution in [0.4, 0.5) is 5.69 Å². The average molecular weight is 460 g/mol. The lowest BCUT2D eigenvalue weighted by molar-refractivity contribution is -0.126. The predicted octanol–water partition coefficient (Wildman–Crippen LogP) is 5.82. The molecule has 1 aliphatic rings. The Kier molecular flexibility index (Phi) is 4.52. The number of carbonyl (C=O) groups excluding carboxylic acids is 1. The van der Waals surface area contributed by atoms with Crippen molar-refractivity contribution in [2.75, 3.05) is 4.90 Å². The molecule has 0 bridgehead atoms. The Morgan fingerprint density at radius 3 is 2.08 bits per heavy atom. The number of hydrogen-bond acceptors (Lipinski definition) is 1. The zero-order chi connectivity index (χ0) is 17.4. The molecule has 2 nitrogen and oxygen atoms in total. The second kappa shape index (κ2) is 6.81. The van der Waals surface area contributed by atoms with Crippen LogP contribution < -0.4 is 4.90 Å². The lowest BCUT2D eigenvalue weighted by atomic mass is 9.77. The minimum absolute atomic E-state index is 0.0211. The van der Waals surface area contributed by atoms with Gasteiger partial charge in [0.2, 0.25) is 5.91 Å². The Bertz CT molecular complexity index is 893. The number of anilines is 1. The van der Waals surface area contributed by atoms with Gasteiger partial charge in [-0.25, -0.2) is 0 Å². The zero-order valence-electron chi connectivity index (χ0n) is 13.3. The highest BCUT2D eigenvalue weighted by atomic mass is 127. The van der Waals surface area contributed by atoms with Gasteiger partial charge in [0.05, 0.1) is 12.0 Å². The molecule has 0 aliphatic carbocycles. The number of β-lactam (4-membered cyclic amide) rings is 1. The molecule has 4 heteroatoms. The summed E-state index contributed by atoms with van der Waals surface area (Å²) in [6.45, 7) is 0. The van der Waals surface area contributed by atoms with E-state index >= 15 is 0 Å². The van der Waals surface area contributed by atoms with Crippen molar-refractivity contribution in [3.8, 4) is 0 Å². The van der Waals surface area contributed by atoms with Crippen LogP contribution in [0.2, 0.25) is 5.02 Å². The van der Waals surface area contributed by atoms with Crippen LogP contribution in [-0.2, 0) is 4.79 Å². The van der Waals surface area contributed by atoms with Crippen LogP contribution in [0.25, 0.3) is 0 Å². The molecular weight excluding hydrogens is 445 g/mol. The van der Waals surface area contributed by atoms with Gasteiger partial charge in [-0.05, 0) is 70.1 Å². The maximum Gasteiger partial charge on any atom is 0.237 e. The monoisotopic (exact) mass is 459 g/mol. The van der Waals surface area contributed by atoms with E-state index in [-0.39, 0.29) is 17.9 Å². The first-order chi connectivity index (χ1) is 12.1. The molecule has 2 unspecified atom stereocenters. The number of rotatable bonds is 3. The molecule has 1 fully saturated rings. The summed E-state index contributed by atoms with van der Waals surface area (Å²) in [6.07, 6.45) is 0. The third-order valence-electron chi connectivity index (χ3n) is 4.57. The normalized spacial score (nSPS) is 19.6. The molecule has 0 saturated carbocycles. The van der Waals surface area contributed by atoms with Crippen molar-refractivity contribution in [2.24, 2.45) is 0 Å². The van der Waals surface area contributed by atoms with Crippen LogP contribution in [0.3, 0.4) is 0 Å². The number of hydrogen-bond donors (Lipinski definition) is 0. The van der Waals surface area contributed by atoms with E-state index in [4.69, 9.17) is 11.6 Å². The van der Waals surface area contributed by atoms with E-state index in [0.29, 0.717) is 5.02 Å². The minimum atomic E-state index is -0.165. The molecule has 4 rings (SSSR count). The standard InChI is InChI=1S/C21H15ClINO/c22-16-8-6-15(7-9-16)20-19(14-4-2-1-3-5-14)21(25)24(20)18-12-10-17(23)11-13-18/h1-13,19-20H. The van der Waals surface area contributed by atoms with Crippen LogP contribution in [0.5, 0.6) is 0 Å². The molecular formula is C21H15ClINO. The lowest BCUT2D eigenvalue weighted by Gasteiger charge is -2.47. The number of amides is 1. The Morgan fingerprint density at radius 1 is 0.800 bits per heavy atom. The Labute approximate surface area is 165 Å². The first-order valence-corrected chi connectivity index (χ1v) is 9.50. The van der Waals surface area contributed by atoms with Gasteiger partial charge in [0.15, 0.2) is 0 Å². The van der Waals surface area contributed by atoms with Crippen molar-refractivity contribution in [1.29, 1.82) is 0 Å². The van der Waals surface area contributed by atoms with Crippen molar-refractivity contribution in [3.63, 3.8) is 0 Å². The van der Waals surface area contributed by atoms with Crippen molar-refractivity contribution < 1.29 is 4.79 Å². The molecule has 1 saturated heterocycles. The summed E-state index contributed by atoms with van der Waals surface area (Å²) >= 11 is 8.32. The minimum Gasteiger partial charge on any atom is -0.303 e. The summed E-state index contributed by atoms with van der Waals surface area (Å²) in [5.41, 5.74) is 3.07. The van der Waals surface area contributed by atoms with Gasteiger partial charge in [-0.15, -0.1) is 0 Å². The highest BCUT2D eigenvalue weighted by molar-refractivity contribution is 14.1. The van der Waals surface area contributed by atoms with Crippen molar-refractivity contribution >= 4 is 45.8 Å². The lowest BCUT2D eigenvalue weighted by Crippen LogP contribution is -2.53. The summed E-state index contributed by atoms with van der Waals surface area (Å²) in [5, 5.41) is 0.700. The highest BCUT2D eigenvalue weighted by Gasteiger charge is 2.49. The van der Waals surface area contributed by atoms with Crippen molar-refractivity contribution in [2.45, 2.75) is 12.0 Å². The average Bonchev–Trinajstić information content (AvgIpc) is 2.63. The molecule has 3 aromatic rings. The van der Waals surface area contributed by atoms with Gasteiger partial charge >= 0.3 is 0 Å². The van der Waals surface area contributed by atoms with Crippen molar-refractivity contribution in [1.82, 2.24) is 0 Å². The smallest absolute Gasteiger partial charge is 0.237 e. The quantitative estimate of drug-likeness (QED) is 0.357. The fourth-order valence-corrected chi connectivity index (χ4v) is 3.85. The molecule has 0 radical (unpaired) electrons. The number of halogens is 2. The van der Waals surface area contributed by atoms with Gasteiger partial charge in [0, 0.05) is 14.3 Å². The van der Waals surface area contributed by atoms with Crippen LogP contribution in [0.1, 0.15) is 23.1 Å². The van der Waals surface area contributed by atoms with Crippen LogP contribution in [-0.4, -0.2) is 5.91 Å². The Balaban J connectivity index is 1.77. The second-order valence-electron chi connectivity index (χ2n) is 6.07. The number of nitrogens with zero attached hydrogens (tertiary/aromatic N) is 1. The first kappa shape index (κ1) is 16.6. The topological polar surface area (TPSA) is 20.3 Å². The fraction of sp³-hybridized carbons (Fsp3) is 0.0952. The summed E-state index contributed by atoms with van der Waals surface area (Å²) in [4.78, 5) is 14.9. The zero-order valence-corrected chi connectivity index (χ0v) is 16.2. The SMILES string of the molecule is O=C1C(c2ccccc2)C(c2ccc(Cl)cc2)N1c1ccc(I)cc1. The van der Waals surface area contributed by atoms with E-state index in [1.54, 1.807) is 0 Å². The van der Waals surface area contributed by atoms with E-state index in [1.165, 1.54) is 0 Å². The van der Waals surface area contributed by atoms with E-state index in [9.17, 15) is 4.79 Å². The van der Waals surface area contributed by atoms with E-state index < -0.39 is 0 Å². The second-order valence-corrected chi connectivity index (χ2v) is 7.75. The largest absolute Gasteiger partial charge is 0.303 e. The van der Waals surface area contributed by atoms with Crippen LogP contribution in [0.15, 0.2) is 78.9 Å². The molecule has 1 amide bonds. The van der Waals surface area contributed by atoms with E-state index in [2.05, 4.69) is 22.6 Å². The van der Waals surface area contributed by atoms with Gasteiger partial charge in [0.25, 0.3) is 0 Å². The molecule has 124 valence electrons. The number of carbonyl (C=O) groups is 1. The van der Waals surface area contributed by atoms with Crippen molar-refractivity contribution in [3.05, 3.63) is 98.6 Å². The summed E-state index contributed by atoms with van der Waals surface area (Å²) < 4.78 is 1.15. The van der Waals surface area contributed by atoms with Gasteiger partial charge in [-0.1, -0.05) is 54.1 Å². The third kappa shape index (κ3) is 3.07. The third-order valence-corrected chi connectivity index (χ3v) is 5.54. The van der Waals surface area contributed by atoms with Crippen LogP contribution in [0, 0.1) is 3.57 Å². The maximum atomic E-state index is 13.0. The molecule has 1 heterocycles. The summed E-state index contributed by atoms with van der Waals surface area (Å²) in [5.74, 6) is -0.0333. The number of benzene rings is 3. The molecule has 0 N–H and O–H groups in total. The molecule has 0 aromatic heterocycles. The van der Waals surface area contributed by atoms with E-state index in [1.807, 2.05) is 83.8 Å². The summed E-state index contributed by atoms with van der Waals surface area (Å²) in [6, 6.07) is 25.8. The Hall–Kier alpha value is -1.85. The first-order valence-electron chi connectivity index (χ1n) is 8.04. The molecule has 3 aromatic carbocycles.